The van der Waals surface area contributed by atoms with Gasteiger partial charge in [-0.15, -0.1) is 0 Å². The highest BCUT2D eigenvalue weighted by molar-refractivity contribution is 7.99. The molecule has 1 N–H and O–H groups in total. The number of hydrogen-bond donors (Lipinski definition) is 1. The number of carboxylic acid groups (broad SMARTS) is 1. The Morgan fingerprint density at radius 2 is 1.59 bits per heavy atom. The Labute approximate surface area is 172 Å². The first-order valence-corrected chi connectivity index (χ1v) is 9.63. The predicted molar refractivity (Wildman–Crippen MR) is 111 cm³/mol. The zero-order valence-corrected chi connectivity index (χ0v) is 16.7. The van der Waals surface area contributed by atoms with E-state index in [0.29, 0.717) is 27.6 Å². The maximum atomic E-state index is 11.1. The number of nitriles is 1. The maximum Gasteiger partial charge on any atom is 0.313 e. The SMILES string of the molecule is COc1ccc(-c2cc(-c3ccc(OC)cc3)c(C#N)c(SCC(=O)O)n2)cc1. The summed E-state index contributed by atoms with van der Waals surface area (Å²) in [4.78, 5) is 15.6. The molecule has 0 atom stereocenters. The first-order chi connectivity index (χ1) is 14.0. The first-order valence-electron chi connectivity index (χ1n) is 8.64. The van der Waals surface area contributed by atoms with Gasteiger partial charge >= 0.3 is 5.97 Å². The van der Waals surface area contributed by atoms with E-state index in [-0.39, 0.29) is 5.75 Å². The molecule has 0 aliphatic heterocycles. The smallest absolute Gasteiger partial charge is 0.313 e. The fourth-order valence-corrected chi connectivity index (χ4v) is 3.50. The monoisotopic (exact) mass is 406 g/mol. The fraction of sp³-hybridized carbons (Fsp3) is 0.136. The first kappa shape index (κ1) is 20.2. The molecule has 146 valence electrons. The van der Waals surface area contributed by atoms with Crippen LogP contribution in [-0.2, 0) is 4.79 Å². The Hall–Kier alpha value is -3.50. The number of ether oxygens (including phenoxy) is 2. The topological polar surface area (TPSA) is 92.4 Å². The maximum absolute atomic E-state index is 11.1. The minimum Gasteiger partial charge on any atom is -0.497 e. The van der Waals surface area contributed by atoms with Gasteiger partial charge < -0.3 is 14.6 Å². The van der Waals surface area contributed by atoms with Crippen LogP contribution in [0.5, 0.6) is 11.5 Å². The quantitative estimate of drug-likeness (QED) is 0.578. The van der Waals surface area contributed by atoms with Crippen molar-refractivity contribution in [3.8, 4) is 40.0 Å². The second-order valence-corrected chi connectivity index (χ2v) is 6.95. The molecule has 0 radical (unpaired) electrons. The van der Waals surface area contributed by atoms with Gasteiger partial charge in [0, 0.05) is 11.1 Å². The number of carboxylic acids is 1. The van der Waals surface area contributed by atoms with Crippen LogP contribution in [-0.4, -0.2) is 36.0 Å². The highest BCUT2D eigenvalue weighted by atomic mass is 32.2. The number of aliphatic carboxylic acids is 1. The van der Waals surface area contributed by atoms with Crippen molar-refractivity contribution in [3.05, 3.63) is 60.2 Å². The van der Waals surface area contributed by atoms with Crippen LogP contribution >= 0.6 is 11.8 Å². The highest BCUT2D eigenvalue weighted by Gasteiger charge is 2.17. The summed E-state index contributed by atoms with van der Waals surface area (Å²) in [7, 11) is 3.18. The van der Waals surface area contributed by atoms with Crippen LogP contribution in [0.3, 0.4) is 0 Å². The second kappa shape index (κ2) is 9.13. The average Bonchev–Trinajstić information content (AvgIpc) is 2.77. The highest BCUT2D eigenvalue weighted by Crippen LogP contribution is 2.35. The van der Waals surface area contributed by atoms with E-state index in [9.17, 15) is 10.1 Å². The van der Waals surface area contributed by atoms with Crippen molar-refractivity contribution < 1.29 is 19.4 Å². The Morgan fingerprint density at radius 1 is 1.03 bits per heavy atom. The number of thioether (sulfide) groups is 1. The lowest BCUT2D eigenvalue weighted by atomic mass is 9.99. The van der Waals surface area contributed by atoms with Crippen molar-refractivity contribution >= 4 is 17.7 Å². The summed E-state index contributed by atoms with van der Waals surface area (Å²) in [6, 6.07) is 18.8. The Morgan fingerprint density at radius 3 is 2.07 bits per heavy atom. The molecule has 0 aliphatic rings. The van der Waals surface area contributed by atoms with Gasteiger partial charge in [-0.3, -0.25) is 4.79 Å². The number of nitrogens with zero attached hydrogens (tertiary/aromatic N) is 2. The van der Waals surface area contributed by atoms with Crippen LogP contribution in [0.25, 0.3) is 22.4 Å². The third-order valence-electron chi connectivity index (χ3n) is 4.22. The van der Waals surface area contributed by atoms with Crippen molar-refractivity contribution in [2.24, 2.45) is 0 Å². The minimum absolute atomic E-state index is 0.185. The Kier molecular flexibility index (Phi) is 6.37. The Balaban J connectivity index is 2.16. The molecule has 6 nitrogen and oxygen atoms in total. The van der Waals surface area contributed by atoms with Gasteiger partial charge in [0.15, 0.2) is 0 Å². The molecular formula is C22H18N2O4S. The number of rotatable bonds is 7. The van der Waals surface area contributed by atoms with Gasteiger partial charge in [0.1, 0.15) is 22.6 Å². The van der Waals surface area contributed by atoms with Gasteiger partial charge in [-0.2, -0.15) is 5.26 Å². The molecule has 0 saturated carbocycles. The van der Waals surface area contributed by atoms with Gasteiger partial charge in [0.25, 0.3) is 0 Å². The normalized spacial score (nSPS) is 10.2. The lowest BCUT2D eigenvalue weighted by molar-refractivity contribution is -0.133. The molecular weight excluding hydrogens is 388 g/mol. The van der Waals surface area contributed by atoms with E-state index in [4.69, 9.17) is 14.6 Å². The standard InChI is InChI=1S/C22H18N2O4S/c1-27-16-7-3-14(4-8-16)18-11-20(15-5-9-17(28-2)10-6-15)24-22(19(18)12-23)29-13-21(25)26/h3-11H,13H2,1-2H3,(H,25,26). The summed E-state index contributed by atoms with van der Waals surface area (Å²) >= 11 is 1.03. The third-order valence-corrected chi connectivity index (χ3v) is 5.18. The predicted octanol–water partition coefficient (Wildman–Crippen LogP) is 4.48. The minimum atomic E-state index is -0.971. The largest absolute Gasteiger partial charge is 0.497 e. The molecule has 0 fully saturated rings. The third kappa shape index (κ3) is 4.68. The number of carbonyl (C=O) groups is 1. The second-order valence-electron chi connectivity index (χ2n) is 5.99. The zero-order chi connectivity index (χ0) is 20.8. The van der Waals surface area contributed by atoms with E-state index in [1.165, 1.54) is 0 Å². The molecule has 0 unspecified atom stereocenters. The van der Waals surface area contributed by atoms with Gasteiger partial charge in [-0.05, 0) is 48.0 Å². The lowest BCUT2D eigenvalue weighted by Crippen LogP contribution is -2.01. The van der Waals surface area contributed by atoms with Crippen molar-refractivity contribution in [2.45, 2.75) is 5.03 Å². The number of hydrogen-bond acceptors (Lipinski definition) is 6. The summed E-state index contributed by atoms with van der Waals surface area (Å²) in [5.41, 5.74) is 3.33. The molecule has 3 aromatic rings. The van der Waals surface area contributed by atoms with E-state index in [1.54, 1.807) is 14.2 Å². The molecule has 0 spiro atoms. The number of methoxy groups -OCH3 is 2. The fourth-order valence-electron chi connectivity index (χ4n) is 2.77. The van der Waals surface area contributed by atoms with Gasteiger partial charge in [0.05, 0.1) is 31.2 Å². The van der Waals surface area contributed by atoms with E-state index in [1.807, 2.05) is 54.6 Å². The molecule has 2 aromatic carbocycles. The van der Waals surface area contributed by atoms with Crippen molar-refractivity contribution in [1.29, 1.82) is 5.26 Å². The number of aromatic nitrogens is 1. The molecule has 29 heavy (non-hydrogen) atoms. The van der Waals surface area contributed by atoms with E-state index in [0.717, 1.165) is 28.6 Å². The average molecular weight is 406 g/mol. The molecule has 1 heterocycles. The molecule has 0 bridgehead atoms. The van der Waals surface area contributed by atoms with Crippen LogP contribution in [0.2, 0.25) is 0 Å². The van der Waals surface area contributed by atoms with Gasteiger partial charge in [0.2, 0.25) is 0 Å². The van der Waals surface area contributed by atoms with Crippen LogP contribution < -0.4 is 9.47 Å². The summed E-state index contributed by atoms with van der Waals surface area (Å²) in [5, 5.41) is 19.2. The van der Waals surface area contributed by atoms with Crippen molar-refractivity contribution in [3.63, 3.8) is 0 Å². The Bertz CT molecular complexity index is 1060. The zero-order valence-electron chi connectivity index (χ0n) is 15.9. The van der Waals surface area contributed by atoms with Gasteiger partial charge in [-0.25, -0.2) is 4.98 Å². The van der Waals surface area contributed by atoms with E-state index < -0.39 is 5.97 Å². The van der Waals surface area contributed by atoms with Crippen LogP contribution in [0, 0.1) is 11.3 Å². The van der Waals surface area contributed by atoms with E-state index in [2.05, 4.69) is 11.1 Å². The molecule has 0 saturated heterocycles. The molecule has 7 heteroatoms. The summed E-state index contributed by atoms with van der Waals surface area (Å²) in [6.45, 7) is 0. The summed E-state index contributed by atoms with van der Waals surface area (Å²) < 4.78 is 10.4. The molecule has 3 rings (SSSR count). The van der Waals surface area contributed by atoms with Crippen LogP contribution in [0.1, 0.15) is 5.56 Å². The molecule has 0 aliphatic carbocycles. The van der Waals surface area contributed by atoms with Crippen molar-refractivity contribution in [1.82, 2.24) is 4.98 Å². The number of pyridine rings is 1. The van der Waals surface area contributed by atoms with Crippen LogP contribution in [0.4, 0.5) is 0 Å². The summed E-state index contributed by atoms with van der Waals surface area (Å²) in [5.74, 6) is 0.271. The lowest BCUT2D eigenvalue weighted by Gasteiger charge is -2.13. The summed E-state index contributed by atoms with van der Waals surface area (Å²) in [6.07, 6.45) is 0. The number of benzene rings is 2. The molecule has 1 aromatic heterocycles. The van der Waals surface area contributed by atoms with E-state index >= 15 is 0 Å². The molecule has 0 amide bonds. The van der Waals surface area contributed by atoms with Crippen LogP contribution in [0.15, 0.2) is 59.6 Å². The van der Waals surface area contributed by atoms with Crippen molar-refractivity contribution in [2.75, 3.05) is 20.0 Å². The van der Waals surface area contributed by atoms with Gasteiger partial charge in [-0.1, -0.05) is 23.9 Å².